The van der Waals surface area contributed by atoms with E-state index in [4.69, 9.17) is 10.00 Å². The van der Waals surface area contributed by atoms with E-state index in [9.17, 15) is 4.79 Å². The van der Waals surface area contributed by atoms with Crippen LogP contribution in [0.5, 0.6) is 5.75 Å². The molecule has 0 atom stereocenters. The number of rotatable bonds is 2. The van der Waals surface area contributed by atoms with E-state index in [2.05, 4.69) is 5.32 Å². The van der Waals surface area contributed by atoms with Crippen molar-refractivity contribution in [2.24, 2.45) is 0 Å². The van der Waals surface area contributed by atoms with Gasteiger partial charge >= 0.3 is 6.09 Å². The average Bonchev–Trinajstić information content (AvgIpc) is 2.21. The second kappa shape index (κ2) is 4.87. The van der Waals surface area contributed by atoms with Crippen LogP contribution in [0.15, 0.2) is 24.3 Å². The Hall–Kier alpha value is -2.02. The van der Waals surface area contributed by atoms with Crippen molar-refractivity contribution in [3.63, 3.8) is 0 Å². The van der Waals surface area contributed by atoms with Crippen LogP contribution in [0.2, 0.25) is 0 Å². The number of amides is 1. The van der Waals surface area contributed by atoms with Crippen LogP contribution in [0.3, 0.4) is 0 Å². The Morgan fingerprint density at radius 1 is 1.57 bits per heavy atom. The Bertz CT molecular complexity index is 369. The number of nitriles is 1. The fourth-order valence-corrected chi connectivity index (χ4v) is 0.986. The van der Waals surface area contributed by atoms with Crippen LogP contribution in [0.1, 0.15) is 5.56 Å². The van der Waals surface area contributed by atoms with Crippen LogP contribution in [0.4, 0.5) is 4.79 Å². The van der Waals surface area contributed by atoms with E-state index in [1.54, 1.807) is 24.3 Å². The summed E-state index contributed by atoms with van der Waals surface area (Å²) in [7, 11) is 1.48. The Kier molecular flexibility index (Phi) is 3.50. The number of para-hydroxylation sites is 1. The van der Waals surface area contributed by atoms with Gasteiger partial charge in [-0.2, -0.15) is 5.26 Å². The summed E-state index contributed by atoms with van der Waals surface area (Å²) in [6.45, 7) is 0. The quantitative estimate of drug-likeness (QED) is 0.768. The zero-order valence-electron chi connectivity index (χ0n) is 7.78. The average molecular weight is 190 g/mol. The number of ether oxygens (including phenoxy) is 1. The molecule has 4 heteroatoms. The maximum Gasteiger partial charge on any atom is 0.412 e. The highest BCUT2D eigenvalue weighted by Crippen LogP contribution is 2.17. The maximum atomic E-state index is 10.9. The highest BCUT2D eigenvalue weighted by molar-refractivity contribution is 5.70. The second-order valence-corrected chi connectivity index (χ2v) is 2.58. The van der Waals surface area contributed by atoms with E-state index in [-0.39, 0.29) is 6.42 Å². The predicted molar refractivity (Wildman–Crippen MR) is 50.8 cm³/mol. The highest BCUT2D eigenvalue weighted by atomic mass is 16.6. The molecule has 0 aliphatic carbocycles. The van der Waals surface area contributed by atoms with Gasteiger partial charge in [0.25, 0.3) is 0 Å². The first-order valence-electron chi connectivity index (χ1n) is 4.12. The van der Waals surface area contributed by atoms with Gasteiger partial charge in [-0.1, -0.05) is 18.2 Å². The van der Waals surface area contributed by atoms with Crippen molar-refractivity contribution in [1.82, 2.24) is 5.32 Å². The Morgan fingerprint density at radius 2 is 2.29 bits per heavy atom. The highest BCUT2D eigenvalue weighted by Gasteiger charge is 2.05. The number of nitrogens with zero attached hydrogens (tertiary/aromatic N) is 1. The smallest absolute Gasteiger partial charge is 0.410 e. The van der Waals surface area contributed by atoms with Crippen molar-refractivity contribution in [1.29, 1.82) is 5.26 Å². The van der Waals surface area contributed by atoms with Crippen molar-refractivity contribution in [2.75, 3.05) is 7.05 Å². The first kappa shape index (κ1) is 10.1. The van der Waals surface area contributed by atoms with Crippen LogP contribution in [-0.4, -0.2) is 13.1 Å². The van der Waals surface area contributed by atoms with Crippen molar-refractivity contribution < 1.29 is 9.53 Å². The van der Waals surface area contributed by atoms with Gasteiger partial charge in [0.1, 0.15) is 5.75 Å². The molecule has 1 aromatic rings. The molecule has 14 heavy (non-hydrogen) atoms. The summed E-state index contributed by atoms with van der Waals surface area (Å²) in [5, 5.41) is 10.9. The largest absolute Gasteiger partial charge is 0.412 e. The van der Waals surface area contributed by atoms with Crippen molar-refractivity contribution in [3.05, 3.63) is 29.8 Å². The lowest BCUT2D eigenvalue weighted by molar-refractivity contribution is 0.202. The lowest BCUT2D eigenvalue weighted by Gasteiger charge is -2.06. The van der Waals surface area contributed by atoms with Gasteiger partial charge in [0, 0.05) is 12.6 Å². The maximum absolute atomic E-state index is 10.9. The summed E-state index contributed by atoms with van der Waals surface area (Å²) >= 11 is 0. The lowest BCUT2D eigenvalue weighted by atomic mass is 10.1. The molecule has 4 nitrogen and oxygen atoms in total. The van der Waals surface area contributed by atoms with Gasteiger partial charge < -0.3 is 10.1 Å². The molecule has 1 aromatic carbocycles. The third-order valence-electron chi connectivity index (χ3n) is 1.65. The standard InChI is InChI=1S/C10H10N2O2/c1-12-10(13)14-9-5-3-2-4-8(9)6-7-11/h2-5H,6H2,1H3,(H,12,13). The molecule has 0 bridgehead atoms. The number of benzene rings is 1. The van der Waals surface area contributed by atoms with Crippen molar-refractivity contribution in [3.8, 4) is 11.8 Å². The van der Waals surface area contributed by atoms with E-state index >= 15 is 0 Å². The first-order chi connectivity index (χ1) is 6.77. The van der Waals surface area contributed by atoms with Crippen LogP contribution in [0.25, 0.3) is 0 Å². The van der Waals surface area contributed by atoms with E-state index in [0.717, 1.165) is 0 Å². The summed E-state index contributed by atoms with van der Waals surface area (Å²) in [5.74, 6) is 0.424. The summed E-state index contributed by atoms with van der Waals surface area (Å²) in [4.78, 5) is 10.9. The molecule has 0 spiro atoms. The van der Waals surface area contributed by atoms with E-state index in [1.807, 2.05) is 6.07 Å². The molecule has 0 fully saturated rings. The molecule has 1 rings (SSSR count). The molecule has 0 saturated heterocycles. The van der Waals surface area contributed by atoms with Crippen LogP contribution in [-0.2, 0) is 6.42 Å². The fourth-order valence-electron chi connectivity index (χ4n) is 0.986. The molecule has 1 N–H and O–H groups in total. The first-order valence-corrected chi connectivity index (χ1v) is 4.12. The zero-order valence-corrected chi connectivity index (χ0v) is 7.78. The van der Waals surface area contributed by atoms with E-state index in [0.29, 0.717) is 11.3 Å². The molecule has 0 saturated carbocycles. The molecule has 0 aromatic heterocycles. The molecular weight excluding hydrogens is 180 g/mol. The second-order valence-electron chi connectivity index (χ2n) is 2.58. The van der Waals surface area contributed by atoms with Crippen LogP contribution in [0, 0.1) is 11.3 Å². The van der Waals surface area contributed by atoms with E-state index < -0.39 is 6.09 Å². The van der Waals surface area contributed by atoms with Gasteiger partial charge in [0.15, 0.2) is 0 Å². The lowest BCUT2D eigenvalue weighted by Crippen LogP contribution is -2.22. The number of hydrogen-bond acceptors (Lipinski definition) is 3. The molecule has 0 aliphatic heterocycles. The van der Waals surface area contributed by atoms with Gasteiger partial charge in [-0.05, 0) is 6.07 Å². The van der Waals surface area contributed by atoms with E-state index in [1.165, 1.54) is 7.05 Å². The van der Waals surface area contributed by atoms with Crippen LogP contribution < -0.4 is 10.1 Å². The van der Waals surface area contributed by atoms with Crippen molar-refractivity contribution in [2.45, 2.75) is 6.42 Å². The topological polar surface area (TPSA) is 62.1 Å². The SMILES string of the molecule is CNC(=O)Oc1ccccc1CC#N. The molecule has 0 unspecified atom stereocenters. The Labute approximate surface area is 82.1 Å². The Balaban J connectivity index is 2.85. The minimum atomic E-state index is -0.532. The predicted octanol–water partition coefficient (Wildman–Crippen LogP) is 1.47. The number of carbonyl (C=O) groups is 1. The summed E-state index contributed by atoms with van der Waals surface area (Å²) in [6, 6.07) is 8.95. The molecule has 72 valence electrons. The van der Waals surface area contributed by atoms with Gasteiger partial charge in [-0.15, -0.1) is 0 Å². The third kappa shape index (κ3) is 2.49. The zero-order chi connectivity index (χ0) is 10.4. The minimum absolute atomic E-state index is 0.229. The van der Waals surface area contributed by atoms with Gasteiger partial charge in [0.05, 0.1) is 12.5 Å². The molecule has 0 aliphatic rings. The molecule has 1 amide bonds. The number of nitrogens with one attached hydrogen (secondary N) is 1. The summed E-state index contributed by atoms with van der Waals surface area (Å²) < 4.78 is 4.95. The summed E-state index contributed by atoms with van der Waals surface area (Å²) in [6.07, 6.45) is -0.303. The fraction of sp³-hybridized carbons (Fsp3) is 0.200. The van der Waals surface area contributed by atoms with Gasteiger partial charge in [-0.25, -0.2) is 4.79 Å². The Morgan fingerprint density at radius 3 is 2.93 bits per heavy atom. The normalized spacial score (nSPS) is 8.86. The van der Waals surface area contributed by atoms with Gasteiger partial charge in [-0.3, -0.25) is 0 Å². The number of hydrogen-bond donors (Lipinski definition) is 1. The molecule has 0 heterocycles. The molecular formula is C10H10N2O2. The van der Waals surface area contributed by atoms with Gasteiger partial charge in [0.2, 0.25) is 0 Å². The van der Waals surface area contributed by atoms with Crippen molar-refractivity contribution >= 4 is 6.09 Å². The monoisotopic (exact) mass is 190 g/mol. The third-order valence-corrected chi connectivity index (χ3v) is 1.65. The minimum Gasteiger partial charge on any atom is -0.410 e. The molecule has 0 radical (unpaired) electrons. The van der Waals surface area contributed by atoms with Crippen LogP contribution >= 0.6 is 0 Å². The number of carbonyl (C=O) groups excluding carboxylic acids is 1. The summed E-state index contributed by atoms with van der Waals surface area (Å²) in [5.41, 5.74) is 0.707.